The molecule has 0 aromatic heterocycles. The van der Waals surface area contributed by atoms with Gasteiger partial charge in [-0.15, -0.1) is 0 Å². The number of aliphatic imine (C=N–C) groups is 1. The molecule has 1 aliphatic heterocycles. The summed E-state index contributed by atoms with van der Waals surface area (Å²) in [6.07, 6.45) is 0. The molecule has 0 bridgehead atoms. The van der Waals surface area contributed by atoms with Crippen LogP contribution in [0.5, 0.6) is 0 Å². The summed E-state index contributed by atoms with van der Waals surface area (Å²) in [6, 6.07) is 0. The Balaban J connectivity index is 2.35. The van der Waals surface area contributed by atoms with Gasteiger partial charge in [-0.05, 0) is 11.8 Å². The second-order valence-corrected chi connectivity index (χ2v) is 4.10. The van der Waals surface area contributed by atoms with Gasteiger partial charge in [0, 0.05) is 12.7 Å². The molecule has 9 heavy (non-hydrogen) atoms. The summed E-state index contributed by atoms with van der Waals surface area (Å²) in [6.45, 7) is 2.44. The van der Waals surface area contributed by atoms with Gasteiger partial charge in [0.05, 0.1) is 6.54 Å². The smallest absolute Gasteiger partial charge is 0.192 e. The highest BCUT2D eigenvalue weighted by Crippen LogP contribution is 2.21. The highest BCUT2D eigenvalue weighted by Gasteiger charge is 2.08. The molecular weight excluding hydrogens is 154 g/mol. The Bertz CT molecular complexity index is 155. The van der Waals surface area contributed by atoms with Crippen molar-refractivity contribution in [2.24, 2.45) is 4.99 Å². The summed E-state index contributed by atoms with van der Waals surface area (Å²) in [7, 11) is 0. The Hall–Kier alpha value is 0.0400. The Kier molecular flexibility index (Phi) is 2.60. The first-order valence-corrected chi connectivity index (χ1v) is 4.45. The van der Waals surface area contributed by atoms with E-state index in [1.54, 1.807) is 18.7 Å². The first-order valence-electron chi connectivity index (χ1n) is 2.65. The van der Waals surface area contributed by atoms with Gasteiger partial charge < -0.3 is 0 Å². The van der Waals surface area contributed by atoms with Gasteiger partial charge in [-0.2, -0.15) is 0 Å². The predicted molar refractivity (Wildman–Crippen MR) is 43.0 cm³/mol. The summed E-state index contributed by atoms with van der Waals surface area (Å²) >= 11 is 2.90. The summed E-state index contributed by atoms with van der Waals surface area (Å²) < 4.78 is 0.933. The van der Waals surface area contributed by atoms with Crippen LogP contribution in [0.2, 0.25) is 0 Å². The summed E-state index contributed by atoms with van der Waals surface area (Å²) in [4.78, 5) is 14.6. The third-order valence-corrected chi connectivity index (χ3v) is 2.75. The SMILES string of the molecule is CC(=O)SC1=NCCS1. The number of hydrogen-bond donors (Lipinski definition) is 0. The lowest BCUT2D eigenvalue weighted by molar-refractivity contribution is -0.109. The van der Waals surface area contributed by atoms with Gasteiger partial charge >= 0.3 is 0 Å². The van der Waals surface area contributed by atoms with Crippen molar-refractivity contribution in [2.75, 3.05) is 12.3 Å². The zero-order valence-electron chi connectivity index (χ0n) is 5.09. The van der Waals surface area contributed by atoms with E-state index >= 15 is 0 Å². The molecule has 4 heteroatoms. The average Bonchev–Trinajstić information content (AvgIpc) is 2.15. The quantitative estimate of drug-likeness (QED) is 0.537. The van der Waals surface area contributed by atoms with Crippen molar-refractivity contribution in [3.8, 4) is 0 Å². The number of nitrogens with zero attached hydrogens (tertiary/aromatic N) is 1. The van der Waals surface area contributed by atoms with Crippen molar-refractivity contribution < 1.29 is 4.79 Å². The Morgan fingerprint density at radius 1 is 1.89 bits per heavy atom. The molecule has 0 aromatic carbocycles. The second-order valence-electron chi connectivity index (χ2n) is 1.59. The average molecular weight is 161 g/mol. The number of hydrogen-bond acceptors (Lipinski definition) is 4. The Labute approximate surface area is 62.5 Å². The monoisotopic (exact) mass is 161 g/mol. The summed E-state index contributed by atoms with van der Waals surface area (Å²) in [5.74, 6) is 1.04. The van der Waals surface area contributed by atoms with Crippen LogP contribution in [0.3, 0.4) is 0 Å². The fourth-order valence-corrected chi connectivity index (χ4v) is 2.28. The lowest BCUT2D eigenvalue weighted by Gasteiger charge is -1.89. The van der Waals surface area contributed by atoms with Crippen LogP contribution in [-0.2, 0) is 4.79 Å². The highest BCUT2D eigenvalue weighted by atomic mass is 32.2. The number of thioether (sulfide) groups is 2. The molecule has 1 rings (SSSR count). The standard InChI is InChI=1S/C5H7NOS2/c1-4(7)9-5-6-2-3-8-5/h2-3H2,1H3. The van der Waals surface area contributed by atoms with Crippen molar-refractivity contribution in [3.63, 3.8) is 0 Å². The number of rotatable bonds is 0. The van der Waals surface area contributed by atoms with Crippen molar-refractivity contribution >= 4 is 33.0 Å². The van der Waals surface area contributed by atoms with Crippen LogP contribution >= 0.6 is 23.5 Å². The van der Waals surface area contributed by atoms with E-state index in [2.05, 4.69) is 4.99 Å². The fraction of sp³-hybridized carbons (Fsp3) is 0.600. The lowest BCUT2D eigenvalue weighted by Crippen LogP contribution is -1.86. The van der Waals surface area contributed by atoms with Gasteiger partial charge in [0.25, 0.3) is 0 Å². The van der Waals surface area contributed by atoms with Crippen LogP contribution in [-0.4, -0.2) is 21.8 Å². The minimum Gasteiger partial charge on any atom is -0.287 e. The lowest BCUT2D eigenvalue weighted by atomic mass is 10.8. The van der Waals surface area contributed by atoms with Crippen LogP contribution in [0.4, 0.5) is 0 Å². The molecule has 0 aromatic rings. The minimum absolute atomic E-state index is 0.128. The van der Waals surface area contributed by atoms with Gasteiger partial charge in [-0.3, -0.25) is 9.79 Å². The van der Waals surface area contributed by atoms with E-state index in [1.165, 1.54) is 11.8 Å². The van der Waals surface area contributed by atoms with Crippen molar-refractivity contribution in [1.29, 1.82) is 0 Å². The molecule has 0 unspecified atom stereocenters. The van der Waals surface area contributed by atoms with E-state index in [0.717, 1.165) is 16.7 Å². The number of carbonyl (C=O) groups excluding carboxylic acids is 1. The second kappa shape index (κ2) is 3.27. The molecule has 1 aliphatic rings. The molecular formula is C5H7NOS2. The molecule has 0 aliphatic carbocycles. The van der Waals surface area contributed by atoms with E-state index in [0.29, 0.717) is 0 Å². The molecule has 0 saturated carbocycles. The zero-order chi connectivity index (χ0) is 6.69. The molecule has 1 heterocycles. The first-order chi connectivity index (χ1) is 4.29. The molecule has 0 N–H and O–H groups in total. The summed E-state index contributed by atoms with van der Waals surface area (Å²) in [5.41, 5.74) is 0. The largest absolute Gasteiger partial charge is 0.287 e. The van der Waals surface area contributed by atoms with Crippen LogP contribution in [0.1, 0.15) is 6.92 Å². The van der Waals surface area contributed by atoms with Gasteiger partial charge in [-0.1, -0.05) is 11.8 Å². The molecule has 0 saturated heterocycles. The third kappa shape index (κ3) is 2.41. The van der Waals surface area contributed by atoms with Crippen LogP contribution in [0.25, 0.3) is 0 Å². The van der Waals surface area contributed by atoms with E-state index in [9.17, 15) is 4.79 Å². The summed E-state index contributed by atoms with van der Waals surface area (Å²) in [5, 5.41) is 0.128. The first kappa shape index (κ1) is 7.15. The van der Waals surface area contributed by atoms with Crippen LogP contribution in [0.15, 0.2) is 4.99 Å². The fourth-order valence-electron chi connectivity index (χ4n) is 0.500. The Morgan fingerprint density at radius 3 is 3.11 bits per heavy atom. The zero-order valence-corrected chi connectivity index (χ0v) is 6.72. The minimum atomic E-state index is 0.128. The molecule has 0 radical (unpaired) electrons. The number of carbonyl (C=O) groups is 1. The highest BCUT2D eigenvalue weighted by molar-refractivity contribution is 8.45. The normalized spacial score (nSPS) is 17.7. The maximum absolute atomic E-state index is 10.5. The van der Waals surface area contributed by atoms with E-state index in [-0.39, 0.29) is 5.12 Å². The van der Waals surface area contributed by atoms with Crippen molar-refractivity contribution in [3.05, 3.63) is 0 Å². The van der Waals surface area contributed by atoms with Gasteiger partial charge in [0.15, 0.2) is 5.12 Å². The van der Waals surface area contributed by atoms with E-state index in [4.69, 9.17) is 0 Å². The maximum Gasteiger partial charge on any atom is 0.192 e. The predicted octanol–water partition coefficient (Wildman–Crippen LogP) is 1.37. The molecule has 0 amide bonds. The molecule has 0 spiro atoms. The van der Waals surface area contributed by atoms with Gasteiger partial charge in [-0.25, -0.2) is 0 Å². The third-order valence-electron chi connectivity index (χ3n) is 0.789. The van der Waals surface area contributed by atoms with Gasteiger partial charge in [0.2, 0.25) is 0 Å². The molecule has 0 atom stereocenters. The van der Waals surface area contributed by atoms with E-state index < -0.39 is 0 Å². The Morgan fingerprint density at radius 2 is 2.67 bits per heavy atom. The van der Waals surface area contributed by atoms with Crippen molar-refractivity contribution in [1.82, 2.24) is 0 Å². The van der Waals surface area contributed by atoms with Crippen LogP contribution in [0, 0.1) is 0 Å². The van der Waals surface area contributed by atoms with E-state index in [1.807, 2.05) is 0 Å². The molecule has 50 valence electrons. The molecule has 0 fully saturated rings. The maximum atomic E-state index is 10.5. The topological polar surface area (TPSA) is 29.4 Å². The van der Waals surface area contributed by atoms with Crippen LogP contribution < -0.4 is 0 Å². The van der Waals surface area contributed by atoms with Gasteiger partial charge in [0.1, 0.15) is 4.38 Å². The van der Waals surface area contributed by atoms with Crippen molar-refractivity contribution in [2.45, 2.75) is 6.92 Å². The molecule has 2 nitrogen and oxygen atoms in total.